The van der Waals surface area contributed by atoms with Crippen LogP contribution in [-0.2, 0) is 33.9 Å². The van der Waals surface area contributed by atoms with Gasteiger partial charge in [0.1, 0.15) is 36.2 Å². The first-order chi connectivity index (χ1) is 17.6. The van der Waals surface area contributed by atoms with Gasteiger partial charge in [0.15, 0.2) is 0 Å². The number of rotatable bonds is 10. The fourth-order valence-corrected chi connectivity index (χ4v) is 3.44. The average molecular weight is 506 g/mol. The molecule has 0 aromatic heterocycles. The highest BCUT2D eigenvalue weighted by Crippen LogP contribution is 2.23. The third kappa shape index (κ3) is 9.00. The van der Waals surface area contributed by atoms with E-state index in [2.05, 4.69) is 5.32 Å². The van der Waals surface area contributed by atoms with Crippen LogP contribution >= 0.6 is 0 Å². The van der Waals surface area contributed by atoms with Crippen LogP contribution in [0.3, 0.4) is 0 Å². The van der Waals surface area contributed by atoms with Crippen molar-refractivity contribution in [1.82, 2.24) is 5.32 Å². The zero-order valence-electron chi connectivity index (χ0n) is 21.1. The summed E-state index contributed by atoms with van der Waals surface area (Å²) in [6.45, 7) is 5.36. The van der Waals surface area contributed by atoms with E-state index in [9.17, 15) is 19.5 Å². The van der Waals surface area contributed by atoms with Gasteiger partial charge in [-0.05, 0) is 49.6 Å². The summed E-state index contributed by atoms with van der Waals surface area (Å²) in [5.74, 6) is -1.65. The topological polar surface area (TPSA) is 111 Å². The maximum Gasteiger partial charge on any atom is 0.408 e. The third-order valence-corrected chi connectivity index (χ3v) is 5.15. The first-order valence-electron chi connectivity index (χ1n) is 11.8. The molecule has 3 rings (SSSR count). The predicted octanol–water partition coefficient (Wildman–Crippen LogP) is 5.14. The van der Waals surface area contributed by atoms with Crippen LogP contribution in [0.25, 0.3) is 0 Å². The van der Waals surface area contributed by atoms with Crippen molar-refractivity contribution >= 4 is 18.0 Å². The number of hydrogen-bond donors (Lipinski definition) is 2. The molecule has 0 saturated carbocycles. The van der Waals surface area contributed by atoms with E-state index in [1.54, 1.807) is 32.9 Å². The van der Waals surface area contributed by atoms with E-state index in [1.165, 1.54) is 6.07 Å². The minimum atomic E-state index is -1.17. The Balaban J connectivity index is 1.76. The Bertz CT molecular complexity index is 1200. The van der Waals surface area contributed by atoms with E-state index in [0.29, 0.717) is 5.56 Å². The standard InChI is InChI=1S/C29H31NO7/c1-29(2,3)37-28(34)30-24(27(33)36-19-21-12-8-5-9-13-21)17-22-14-15-25(23(16-22)26(31)32)35-18-20-10-6-4-7-11-20/h4-16,24H,17-19H2,1-3H3,(H,30,34)(H,31,32). The predicted molar refractivity (Wildman–Crippen MR) is 137 cm³/mol. The molecule has 0 heterocycles. The summed E-state index contributed by atoms with van der Waals surface area (Å²) >= 11 is 0. The van der Waals surface area contributed by atoms with Gasteiger partial charge in [-0.1, -0.05) is 66.7 Å². The summed E-state index contributed by atoms with van der Waals surface area (Å²) in [4.78, 5) is 37.3. The van der Waals surface area contributed by atoms with Crippen molar-refractivity contribution in [2.24, 2.45) is 0 Å². The minimum Gasteiger partial charge on any atom is -0.488 e. The normalized spacial score (nSPS) is 11.8. The van der Waals surface area contributed by atoms with Gasteiger partial charge >= 0.3 is 18.0 Å². The SMILES string of the molecule is CC(C)(C)OC(=O)NC(Cc1ccc(OCc2ccccc2)c(C(=O)O)c1)C(=O)OCc1ccccc1. The van der Waals surface area contributed by atoms with Crippen molar-refractivity contribution in [3.63, 3.8) is 0 Å². The Morgan fingerprint density at radius 3 is 2.00 bits per heavy atom. The molecule has 0 aliphatic carbocycles. The second-order valence-electron chi connectivity index (χ2n) is 9.41. The lowest BCUT2D eigenvalue weighted by molar-refractivity contribution is -0.147. The van der Waals surface area contributed by atoms with Crippen molar-refractivity contribution in [2.75, 3.05) is 0 Å². The highest BCUT2D eigenvalue weighted by molar-refractivity contribution is 5.91. The molecule has 3 aromatic carbocycles. The van der Waals surface area contributed by atoms with Crippen LogP contribution in [0.15, 0.2) is 78.9 Å². The number of alkyl carbamates (subject to hydrolysis) is 1. The van der Waals surface area contributed by atoms with Gasteiger partial charge in [-0.3, -0.25) is 0 Å². The number of nitrogens with one attached hydrogen (secondary N) is 1. The average Bonchev–Trinajstić information content (AvgIpc) is 2.86. The summed E-state index contributed by atoms with van der Waals surface area (Å²) in [6, 6.07) is 22.0. The van der Waals surface area contributed by atoms with Crippen LogP contribution in [0.1, 0.15) is 47.8 Å². The number of carbonyl (C=O) groups is 3. The zero-order chi connectivity index (χ0) is 26.8. The summed E-state index contributed by atoms with van der Waals surface area (Å²) in [7, 11) is 0. The van der Waals surface area contributed by atoms with Crippen molar-refractivity contribution in [3.05, 3.63) is 101 Å². The van der Waals surface area contributed by atoms with Gasteiger partial charge in [-0.25, -0.2) is 14.4 Å². The monoisotopic (exact) mass is 505 g/mol. The lowest BCUT2D eigenvalue weighted by atomic mass is 10.0. The number of aromatic carboxylic acids is 1. The number of carboxylic acid groups (broad SMARTS) is 1. The molecule has 2 N–H and O–H groups in total. The lowest BCUT2D eigenvalue weighted by Crippen LogP contribution is -2.45. The number of hydrogen-bond acceptors (Lipinski definition) is 6. The largest absolute Gasteiger partial charge is 0.488 e. The van der Waals surface area contributed by atoms with Gasteiger partial charge < -0.3 is 24.6 Å². The maximum absolute atomic E-state index is 12.9. The van der Waals surface area contributed by atoms with E-state index < -0.39 is 29.7 Å². The molecule has 0 aliphatic heterocycles. The molecule has 1 unspecified atom stereocenters. The Labute approximate surface area is 216 Å². The molecular formula is C29H31NO7. The van der Waals surface area contributed by atoms with E-state index in [1.807, 2.05) is 60.7 Å². The molecule has 3 aromatic rings. The zero-order valence-corrected chi connectivity index (χ0v) is 21.1. The highest BCUT2D eigenvalue weighted by atomic mass is 16.6. The Morgan fingerprint density at radius 1 is 0.838 bits per heavy atom. The van der Waals surface area contributed by atoms with E-state index in [4.69, 9.17) is 14.2 Å². The molecule has 0 aliphatic rings. The number of carboxylic acids is 1. The van der Waals surface area contributed by atoms with Crippen LogP contribution < -0.4 is 10.1 Å². The second-order valence-corrected chi connectivity index (χ2v) is 9.41. The highest BCUT2D eigenvalue weighted by Gasteiger charge is 2.27. The van der Waals surface area contributed by atoms with E-state index in [-0.39, 0.29) is 30.9 Å². The maximum atomic E-state index is 12.9. The molecule has 0 bridgehead atoms. The fourth-order valence-electron chi connectivity index (χ4n) is 3.44. The molecule has 0 spiro atoms. The second kappa shape index (κ2) is 12.6. The summed E-state index contributed by atoms with van der Waals surface area (Å²) in [5.41, 5.74) is 1.37. The summed E-state index contributed by atoms with van der Waals surface area (Å²) < 4.78 is 16.5. The number of carbonyl (C=O) groups excluding carboxylic acids is 2. The Hall–Kier alpha value is -4.33. The first kappa shape index (κ1) is 27.3. The van der Waals surface area contributed by atoms with Crippen molar-refractivity contribution in [3.8, 4) is 5.75 Å². The molecule has 0 fully saturated rings. The van der Waals surface area contributed by atoms with Crippen LogP contribution in [0.2, 0.25) is 0 Å². The fraction of sp³-hybridized carbons (Fsp3) is 0.276. The Morgan fingerprint density at radius 2 is 1.43 bits per heavy atom. The lowest BCUT2D eigenvalue weighted by Gasteiger charge is -2.23. The van der Waals surface area contributed by atoms with Crippen LogP contribution in [0.4, 0.5) is 4.79 Å². The van der Waals surface area contributed by atoms with Crippen LogP contribution in [0, 0.1) is 0 Å². The molecule has 37 heavy (non-hydrogen) atoms. The van der Waals surface area contributed by atoms with Gasteiger partial charge in [-0.15, -0.1) is 0 Å². The molecule has 0 saturated heterocycles. The van der Waals surface area contributed by atoms with Gasteiger partial charge in [0.25, 0.3) is 0 Å². The van der Waals surface area contributed by atoms with Crippen molar-refractivity contribution in [1.29, 1.82) is 0 Å². The van der Waals surface area contributed by atoms with Crippen LogP contribution in [-0.4, -0.2) is 34.8 Å². The molecule has 0 radical (unpaired) electrons. The molecule has 1 atom stereocenters. The smallest absolute Gasteiger partial charge is 0.408 e. The molecular weight excluding hydrogens is 474 g/mol. The summed E-state index contributed by atoms with van der Waals surface area (Å²) in [6.07, 6.45) is -0.790. The van der Waals surface area contributed by atoms with E-state index in [0.717, 1.165) is 11.1 Å². The molecule has 8 heteroatoms. The van der Waals surface area contributed by atoms with Crippen molar-refractivity contribution in [2.45, 2.75) is 52.0 Å². The molecule has 8 nitrogen and oxygen atoms in total. The Kier molecular flexibility index (Phi) is 9.27. The minimum absolute atomic E-state index is 0.00783. The number of ether oxygens (including phenoxy) is 3. The molecule has 1 amide bonds. The van der Waals surface area contributed by atoms with Gasteiger partial charge in [0.2, 0.25) is 0 Å². The van der Waals surface area contributed by atoms with Gasteiger partial charge in [-0.2, -0.15) is 0 Å². The van der Waals surface area contributed by atoms with Gasteiger partial charge in [0.05, 0.1) is 0 Å². The van der Waals surface area contributed by atoms with Crippen molar-refractivity contribution < 1.29 is 33.7 Å². The number of benzene rings is 3. The van der Waals surface area contributed by atoms with Crippen LogP contribution in [0.5, 0.6) is 5.75 Å². The van der Waals surface area contributed by atoms with E-state index >= 15 is 0 Å². The molecule has 194 valence electrons. The number of esters is 1. The quantitative estimate of drug-likeness (QED) is 0.367. The number of amides is 1. The van der Waals surface area contributed by atoms with Gasteiger partial charge in [0, 0.05) is 6.42 Å². The summed E-state index contributed by atoms with van der Waals surface area (Å²) in [5, 5.41) is 12.3. The third-order valence-electron chi connectivity index (χ3n) is 5.15. The first-order valence-corrected chi connectivity index (χ1v) is 11.8.